The van der Waals surface area contributed by atoms with Gasteiger partial charge in [0.15, 0.2) is 0 Å². The highest BCUT2D eigenvalue weighted by Gasteiger charge is 2.34. The van der Waals surface area contributed by atoms with Crippen molar-refractivity contribution in [2.24, 2.45) is 0 Å². The molecule has 2 aromatic rings. The molecule has 0 fully saturated rings. The van der Waals surface area contributed by atoms with Gasteiger partial charge in [-0.1, -0.05) is 30.3 Å². The number of carbonyl (C=O) groups excluding carboxylic acids is 4. The summed E-state index contributed by atoms with van der Waals surface area (Å²) < 4.78 is 4.66. The maximum atomic E-state index is 12.9. The second-order valence-corrected chi connectivity index (χ2v) is 6.10. The molecule has 7 nitrogen and oxygen atoms in total. The molecule has 0 saturated heterocycles. The van der Waals surface area contributed by atoms with Crippen LogP contribution in [-0.2, 0) is 14.3 Å². The third kappa shape index (κ3) is 3.68. The average molecular weight is 378 g/mol. The van der Waals surface area contributed by atoms with Crippen molar-refractivity contribution in [3.8, 4) is 0 Å². The fourth-order valence-corrected chi connectivity index (χ4v) is 2.95. The summed E-state index contributed by atoms with van der Waals surface area (Å²) in [5.41, 5.74) is 2.06. The van der Waals surface area contributed by atoms with E-state index in [-0.39, 0.29) is 12.1 Å². The fraction of sp³-hybridized carbons (Fsp3) is 0.143. The number of methoxy groups -OCH3 is 1. The molecule has 3 rings (SSSR count). The van der Waals surface area contributed by atoms with E-state index in [4.69, 9.17) is 0 Å². The minimum Gasteiger partial charge on any atom is -0.550 e. The Hall–Kier alpha value is -3.74. The Bertz CT molecular complexity index is 990. The van der Waals surface area contributed by atoms with Crippen molar-refractivity contribution < 1.29 is 29.0 Å². The van der Waals surface area contributed by atoms with Gasteiger partial charge in [-0.2, -0.15) is 0 Å². The van der Waals surface area contributed by atoms with Crippen LogP contribution in [0.5, 0.6) is 0 Å². The zero-order valence-corrected chi connectivity index (χ0v) is 15.0. The number of fused-ring (bicyclic) bond motifs is 1. The number of hydrogen-bond donors (Lipinski definition) is 0. The van der Waals surface area contributed by atoms with E-state index in [2.05, 4.69) is 4.74 Å². The smallest absolute Gasteiger partial charge is 0.337 e. The number of carboxylic acids is 1. The van der Waals surface area contributed by atoms with Crippen LogP contribution < -0.4 is 5.11 Å². The number of imide groups is 1. The molecule has 0 N–H and O–H groups in total. The molecule has 2 aromatic carbocycles. The Balaban J connectivity index is 2.02. The molecule has 142 valence electrons. The predicted octanol–water partition coefficient (Wildman–Crippen LogP) is 1.14. The standard InChI is InChI=1S/C21H17NO6/c1-28-21(27)14-8-6-13(7-9-14)12-17-15-4-2-3-5-16(15)19(25)22(20(17)26)11-10-18(23)24/h2-9,12H,10-11H2,1H3,(H,23,24)/p-1/b17-12-. The van der Waals surface area contributed by atoms with E-state index < -0.39 is 30.2 Å². The van der Waals surface area contributed by atoms with Crippen LogP contribution >= 0.6 is 0 Å². The minimum absolute atomic E-state index is 0.263. The van der Waals surface area contributed by atoms with Crippen LogP contribution in [0.25, 0.3) is 11.6 Å². The molecule has 0 aliphatic carbocycles. The summed E-state index contributed by atoms with van der Waals surface area (Å²) in [6.07, 6.45) is 1.15. The first-order chi connectivity index (χ1) is 13.4. The summed E-state index contributed by atoms with van der Waals surface area (Å²) in [6.45, 7) is -0.271. The zero-order valence-electron chi connectivity index (χ0n) is 15.0. The van der Waals surface area contributed by atoms with Crippen LogP contribution in [0.4, 0.5) is 0 Å². The number of benzene rings is 2. The van der Waals surface area contributed by atoms with E-state index in [0.29, 0.717) is 22.3 Å². The molecule has 28 heavy (non-hydrogen) atoms. The van der Waals surface area contributed by atoms with Gasteiger partial charge in [0.2, 0.25) is 0 Å². The molecule has 0 spiro atoms. The normalized spacial score (nSPS) is 14.8. The molecular weight excluding hydrogens is 362 g/mol. The summed E-state index contributed by atoms with van der Waals surface area (Å²) in [5, 5.41) is 10.8. The molecule has 0 radical (unpaired) electrons. The van der Waals surface area contributed by atoms with E-state index in [0.717, 1.165) is 4.90 Å². The summed E-state index contributed by atoms with van der Waals surface area (Å²) >= 11 is 0. The van der Waals surface area contributed by atoms with Crippen molar-refractivity contribution in [1.29, 1.82) is 0 Å². The van der Waals surface area contributed by atoms with Gasteiger partial charge in [0.25, 0.3) is 11.8 Å². The van der Waals surface area contributed by atoms with Gasteiger partial charge in [-0.3, -0.25) is 14.5 Å². The molecule has 0 aromatic heterocycles. The molecule has 1 aliphatic heterocycles. The topological polar surface area (TPSA) is 104 Å². The fourth-order valence-electron chi connectivity index (χ4n) is 2.95. The largest absolute Gasteiger partial charge is 0.550 e. The number of rotatable bonds is 5. The number of carboxylic acid groups (broad SMARTS) is 1. The van der Waals surface area contributed by atoms with Crippen molar-refractivity contribution in [2.75, 3.05) is 13.7 Å². The second kappa shape index (κ2) is 7.87. The van der Waals surface area contributed by atoms with Gasteiger partial charge in [-0.05, 0) is 35.4 Å². The van der Waals surface area contributed by atoms with Crippen LogP contribution in [0.3, 0.4) is 0 Å². The number of carbonyl (C=O) groups is 4. The number of aliphatic carboxylic acids is 1. The number of nitrogens with zero attached hydrogens (tertiary/aromatic N) is 1. The first-order valence-corrected chi connectivity index (χ1v) is 8.48. The highest BCUT2D eigenvalue weighted by molar-refractivity contribution is 6.33. The van der Waals surface area contributed by atoms with Crippen molar-refractivity contribution in [3.05, 3.63) is 70.8 Å². The van der Waals surface area contributed by atoms with E-state index in [1.54, 1.807) is 54.6 Å². The summed E-state index contributed by atoms with van der Waals surface area (Å²) in [6, 6.07) is 13.1. The summed E-state index contributed by atoms with van der Waals surface area (Å²) in [5.74, 6) is -2.94. The Labute approximate surface area is 160 Å². The predicted molar refractivity (Wildman–Crippen MR) is 97.8 cm³/mol. The third-order valence-corrected chi connectivity index (χ3v) is 4.35. The monoisotopic (exact) mass is 378 g/mol. The number of hydrogen-bond acceptors (Lipinski definition) is 6. The van der Waals surface area contributed by atoms with Gasteiger partial charge in [0.05, 0.1) is 12.7 Å². The van der Waals surface area contributed by atoms with Gasteiger partial charge in [-0.15, -0.1) is 0 Å². The third-order valence-electron chi connectivity index (χ3n) is 4.35. The SMILES string of the molecule is COC(=O)c1ccc(/C=C2\C(=O)N(CCC(=O)[O-])C(=O)c3ccccc32)cc1. The quantitative estimate of drug-likeness (QED) is 0.439. The molecule has 0 saturated carbocycles. The molecule has 0 atom stereocenters. The van der Waals surface area contributed by atoms with Crippen LogP contribution in [0.2, 0.25) is 0 Å². The van der Waals surface area contributed by atoms with E-state index in [9.17, 15) is 24.3 Å². The highest BCUT2D eigenvalue weighted by Crippen LogP contribution is 2.30. The van der Waals surface area contributed by atoms with E-state index in [1.807, 2.05) is 0 Å². The van der Waals surface area contributed by atoms with Crippen molar-refractivity contribution in [1.82, 2.24) is 4.90 Å². The van der Waals surface area contributed by atoms with Crippen molar-refractivity contribution in [2.45, 2.75) is 6.42 Å². The maximum Gasteiger partial charge on any atom is 0.337 e. The van der Waals surface area contributed by atoms with Crippen LogP contribution in [-0.4, -0.2) is 42.3 Å². The van der Waals surface area contributed by atoms with Crippen LogP contribution in [0.1, 0.15) is 38.3 Å². The molecule has 0 bridgehead atoms. The van der Waals surface area contributed by atoms with E-state index in [1.165, 1.54) is 7.11 Å². The highest BCUT2D eigenvalue weighted by atomic mass is 16.5. The van der Waals surface area contributed by atoms with Gasteiger partial charge in [-0.25, -0.2) is 4.79 Å². The Kier molecular flexibility index (Phi) is 5.35. The molecule has 2 amide bonds. The number of esters is 1. The Morgan fingerprint density at radius 1 is 1.00 bits per heavy atom. The molecule has 7 heteroatoms. The second-order valence-electron chi connectivity index (χ2n) is 6.10. The lowest BCUT2D eigenvalue weighted by molar-refractivity contribution is -0.305. The van der Waals surface area contributed by atoms with Gasteiger partial charge in [0.1, 0.15) is 0 Å². The van der Waals surface area contributed by atoms with Crippen molar-refractivity contribution >= 4 is 35.4 Å². The lowest BCUT2D eigenvalue weighted by Crippen LogP contribution is -2.43. The van der Waals surface area contributed by atoms with Gasteiger partial charge in [0, 0.05) is 30.1 Å². The van der Waals surface area contributed by atoms with Gasteiger partial charge < -0.3 is 14.6 Å². The van der Waals surface area contributed by atoms with E-state index >= 15 is 0 Å². The summed E-state index contributed by atoms with van der Waals surface area (Å²) in [7, 11) is 1.29. The molecule has 1 heterocycles. The molecular formula is C21H16NO6-. The molecule has 0 unspecified atom stereocenters. The number of amides is 2. The van der Waals surface area contributed by atoms with Crippen molar-refractivity contribution in [3.63, 3.8) is 0 Å². The lowest BCUT2D eigenvalue weighted by Gasteiger charge is -2.28. The Morgan fingerprint density at radius 3 is 2.25 bits per heavy atom. The zero-order chi connectivity index (χ0) is 20.3. The lowest BCUT2D eigenvalue weighted by atomic mass is 9.92. The van der Waals surface area contributed by atoms with Crippen LogP contribution in [0, 0.1) is 0 Å². The number of ether oxygens (including phenoxy) is 1. The molecule has 1 aliphatic rings. The first-order valence-electron chi connectivity index (χ1n) is 8.48. The minimum atomic E-state index is -1.34. The average Bonchev–Trinajstić information content (AvgIpc) is 2.70. The van der Waals surface area contributed by atoms with Gasteiger partial charge >= 0.3 is 5.97 Å². The maximum absolute atomic E-state index is 12.9. The van der Waals surface area contributed by atoms with Crippen LogP contribution in [0.15, 0.2) is 48.5 Å². The first kappa shape index (κ1) is 19.0. The summed E-state index contributed by atoms with van der Waals surface area (Å²) in [4.78, 5) is 48.7. The Morgan fingerprint density at radius 2 is 1.64 bits per heavy atom.